The molecule has 648 valence electrons. The molecule has 0 radical (unpaired) electrons. The zero-order valence-corrected chi connectivity index (χ0v) is 73.6. The monoisotopic (exact) mass is 1700 g/mol. The molecule has 1 saturated carbocycles. The third-order valence-corrected chi connectivity index (χ3v) is 26.3. The second-order valence-corrected chi connectivity index (χ2v) is 36.1. The number of anilines is 5. The first-order valence-corrected chi connectivity index (χ1v) is 46.1. The van der Waals surface area contributed by atoms with Gasteiger partial charge in [0.05, 0.1) is 27.2 Å². The summed E-state index contributed by atoms with van der Waals surface area (Å²) in [5.74, 6) is -1.54. The summed E-state index contributed by atoms with van der Waals surface area (Å²) >= 11 is 0. The van der Waals surface area contributed by atoms with Crippen LogP contribution in [0.5, 0.6) is 0 Å². The van der Waals surface area contributed by atoms with Gasteiger partial charge in [-0.15, -0.1) is 4.57 Å². The first-order chi connectivity index (χ1) is 58.5. The molecule has 4 aliphatic rings. The van der Waals surface area contributed by atoms with Gasteiger partial charge in [-0.3, -0.25) is 33.1 Å². The van der Waals surface area contributed by atoms with Crippen LogP contribution in [0.25, 0.3) is 27.8 Å². The van der Waals surface area contributed by atoms with Gasteiger partial charge in [-0.2, -0.15) is 27.1 Å². The average molecular weight is 1700 g/mol. The molecule has 122 heavy (non-hydrogen) atoms. The lowest BCUT2D eigenvalue weighted by atomic mass is 9.80. The minimum Gasteiger partial charge on any atom is -0.375 e. The van der Waals surface area contributed by atoms with E-state index in [1.807, 2.05) is 139 Å². The Morgan fingerprint density at radius 2 is 1.24 bits per heavy atom. The number of unbranched alkanes of at least 4 members (excludes halogenated alkanes) is 3. The van der Waals surface area contributed by atoms with Gasteiger partial charge in [0.1, 0.15) is 22.6 Å². The van der Waals surface area contributed by atoms with Crippen LogP contribution in [-0.2, 0) is 50.2 Å². The number of azo groups is 1. The quantitative estimate of drug-likeness (QED) is 0.00472. The second kappa shape index (κ2) is 40.4. The summed E-state index contributed by atoms with van der Waals surface area (Å²) in [5.41, 5.74) is 11.3. The largest absolute Gasteiger partial charge is 0.375 e. The standard InChI is InChI=1S/C94H119N15O11S2/c1-10-104-59-61-106(62-60-104)71-41-36-67(37-42-71)89(112)100-94(52-24-17-25-53-94)91(114)99-80(31-23-26-54-95-88(111)35-28-57-103(9)70-43-38-68(39-44-70)101-102-69-40-48-78-83(63-69)109(72-29-18-14-19-30-72)84-64-73(105(11-2)12-3)45-49-79(84)98-78)90(113)97-56-55-96-87(110)34-22-16-27-58-108-82-51-47-75(122(118,119)120)66-77(82)93(7,8)86(108)33-21-15-20-32-85-92(5,6)76-65-74(121(115,116)117)46-50-81(76)107(85)13-4/h14-15,18-21,29-30,32-33,36-51,63-66,80,85H,10-13,16-17,22-28,31,34-35,52-62H2,1-9H3,(H6-,95,96,97,99,100,110,111,112,113,114,115,116,117,118,119,120)/p+1/t80-,85?/m0/s1. The predicted octanol–water partition coefficient (Wildman–Crippen LogP) is 14.5. The number of nitrogens with one attached hydrogen (secondary N) is 5. The van der Waals surface area contributed by atoms with Crippen LogP contribution in [0.15, 0.2) is 208 Å². The third kappa shape index (κ3) is 21.7. The Labute approximate surface area is 718 Å². The smallest absolute Gasteiger partial charge is 0.294 e. The van der Waals surface area contributed by atoms with Gasteiger partial charge in [-0.25, -0.2) is 4.98 Å². The van der Waals surface area contributed by atoms with Crippen molar-refractivity contribution in [3.8, 4) is 5.69 Å². The Balaban J connectivity index is 0.627. The Bertz CT molecular complexity index is 5410. The molecule has 4 heterocycles. The number of nitrogens with zero attached hydrogens (tertiary/aromatic N) is 10. The van der Waals surface area contributed by atoms with Crippen molar-refractivity contribution in [2.45, 2.75) is 184 Å². The number of benzene rings is 7. The molecule has 12 rings (SSSR count). The number of fused-ring (bicyclic) bond motifs is 4. The molecule has 3 aliphatic heterocycles. The Morgan fingerprint density at radius 1 is 0.615 bits per heavy atom. The normalized spacial score (nSPS) is 17.0. The molecule has 0 spiro atoms. The van der Waals surface area contributed by atoms with E-state index in [9.17, 15) is 49.9 Å². The topological polar surface area (TPSA) is 315 Å². The van der Waals surface area contributed by atoms with Crippen LogP contribution in [0.2, 0.25) is 0 Å². The van der Waals surface area contributed by atoms with Crippen molar-refractivity contribution in [3.63, 3.8) is 0 Å². The number of allylic oxidation sites excluding steroid dienone is 5. The van der Waals surface area contributed by atoms with Gasteiger partial charge in [0.25, 0.3) is 26.1 Å². The van der Waals surface area contributed by atoms with Crippen LogP contribution in [-0.4, -0.2) is 175 Å². The lowest BCUT2D eigenvalue weighted by Crippen LogP contribution is -2.62. The summed E-state index contributed by atoms with van der Waals surface area (Å²) in [4.78, 5) is 88.3. The van der Waals surface area contributed by atoms with Gasteiger partial charge in [-0.05, 0) is 205 Å². The lowest BCUT2D eigenvalue weighted by Gasteiger charge is -2.38. The van der Waals surface area contributed by atoms with Crippen molar-refractivity contribution in [2.24, 2.45) is 10.2 Å². The van der Waals surface area contributed by atoms with Gasteiger partial charge >= 0.3 is 0 Å². The lowest BCUT2D eigenvalue weighted by molar-refractivity contribution is -0.538. The van der Waals surface area contributed by atoms with Gasteiger partial charge < -0.3 is 56.0 Å². The number of carbonyl (C=O) groups excluding carboxylic acids is 5. The average Bonchev–Trinajstić information content (AvgIpc) is 1.50. The van der Waals surface area contributed by atoms with Crippen molar-refractivity contribution in [3.05, 3.63) is 204 Å². The van der Waals surface area contributed by atoms with E-state index in [2.05, 4.69) is 128 Å². The van der Waals surface area contributed by atoms with Gasteiger partial charge in [0.15, 0.2) is 0 Å². The van der Waals surface area contributed by atoms with E-state index in [1.54, 1.807) is 30.3 Å². The van der Waals surface area contributed by atoms with E-state index >= 15 is 0 Å². The number of piperazine rings is 1. The molecule has 1 unspecified atom stereocenters. The van der Waals surface area contributed by atoms with E-state index in [0.29, 0.717) is 114 Å². The second-order valence-electron chi connectivity index (χ2n) is 33.3. The number of hydrogen-bond donors (Lipinski definition) is 7. The molecular formula is C94H120N15O11S2+. The fourth-order valence-corrected chi connectivity index (χ4v) is 18.5. The fourth-order valence-electron chi connectivity index (χ4n) is 17.5. The summed E-state index contributed by atoms with van der Waals surface area (Å²) in [7, 11) is -6.92. The number of likely N-dealkylation sites (N-methyl/N-ethyl adjacent to an activating group) is 2. The van der Waals surface area contributed by atoms with E-state index in [1.165, 1.54) is 18.2 Å². The summed E-state index contributed by atoms with van der Waals surface area (Å²) < 4.78 is 71.2. The summed E-state index contributed by atoms with van der Waals surface area (Å²) in [6, 6.07) is 46.2. The minimum absolute atomic E-state index is 0.0806. The highest BCUT2D eigenvalue weighted by Gasteiger charge is 2.45. The number of rotatable bonds is 38. The predicted molar refractivity (Wildman–Crippen MR) is 484 cm³/mol. The molecule has 2 atom stereocenters. The molecule has 1 aromatic heterocycles. The molecule has 1 aliphatic carbocycles. The van der Waals surface area contributed by atoms with Crippen LogP contribution in [0.1, 0.15) is 167 Å². The Morgan fingerprint density at radius 3 is 1.91 bits per heavy atom. The first-order valence-electron chi connectivity index (χ1n) is 43.2. The maximum Gasteiger partial charge on any atom is 0.294 e. The highest BCUT2D eigenvalue weighted by Crippen LogP contribution is 2.50. The van der Waals surface area contributed by atoms with E-state index in [-0.39, 0.29) is 59.5 Å². The van der Waals surface area contributed by atoms with E-state index < -0.39 is 54.5 Å². The van der Waals surface area contributed by atoms with Crippen LogP contribution in [0.4, 0.5) is 39.8 Å². The van der Waals surface area contributed by atoms with Gasteiger partial charge in [0.2, 0.25) is 40.3 Å². The molecule has 0 bridgehead atoms. The number of hydrogen-bond acceptors (Lipinski definition) is 18. The van der Waals surface area contributed by atoms with Crippen molar-refractivity contribution >= 4 is 112 Å². The molecule has 5 amide bonds. The highest BCUT2D eigenvalue weighted by atomic mass is 32.2. The van der Waals surface area contributed by atoms with Crippen LogP contribution < -0.4 is 55.7 Å². The number of amides is 5. The third-order valence-electron chi connectivity index (χ3n) is 24.6. The number of para-hydroxylation sites is 1. The van der Waals surface area contributed by atoms with Crippen molar-refractivity contribution in [2.75, 3.05) is 117 Å². The van der Waals surface area contributed by atoms with Crippen molar-refractivity contribution in [1.82, 2.24) is 36.5 Å². The minimum atomic E-state index is -4.51. The summed E-state index contributed by atoms with van der Waals surface area (Å²) in [6.45, 7) is 25.5. The molecule has 28 heteroatoms. The maximum absolute atomic E-state index is 14.8. The van der Waals surface area contributed by atoms with Crippen LogP contribution >= 0.6 is 0 Å². The molecular weight excluding hydrogens is 1580 g/mol. The van der Waals surface area contributed by atoms with Gasteiger partial charge in [0, 0.05) is 173 Å². The Hall–Kier alpha value is -10.9. The molecule has 8 aromatic rings. The molecule has 2 fully saturated rings. The molecule has 1 saturated heterocycles. The zero-order valence-electron chi connectivity index (χ0n) is 71.9. The molecule has 7 aromatic carbocycles. The fraction of sp³-hybridized carbons (Fsp3) is 0.436. The Kier molecular flexibility index (Phi) is 29.9. The van der Waals surface area contributed by atoms with Gasteiger partial charge in [-0.1, -0.05) is 103 Å². The highest BCUT2D eigenvalue weighted by molar-refractivity contribution is 7.86. The SMILES string of the molecule is CCN1CCN(c2ccc(C(=O)NC3(C(=O)N[C@@H](CCCCNC(=O)CCCN(C)c4ccc(N=Nc5ccc6nc7ccc(N(CC)CC)cc7[n+](-c7ccccc7)c6c5)cc4)C(=O)NCCNC(=O)CCCCCN4C(=CC=CC=CC5N(CC)c6ccc(S(=O)(=O)O)cc6C5(C)C)C(C)(C)c5cc(S(=O)(=O)O)ccc54)CCCCC3)cc2)CC1. The number of carbonyl (C=O) groups is 5. The summed E-state index contributed by atoms with van der Waals surface area (Å²) in [5, 5.41) is 24.4. The van der Waals surface area contributed by atoms with Crippen molar-refractivity contribution < 1.29 is 54.5 Å². The number of aromatic nitrogens is 2. The summed E-state index contributed by atoms with van der Waals surface area (Å²) in [6.07, 6.45) is 17.2. The van der Waals surface area contributed by atoms with Crippen molar-refractivity contribution in [1.29, 1.82) is 0 Å². The van der Waals surface area contributed by atoms with E-state index in [0.717, 1.165) is 125 Å². The van der Waals surface area contributed by atoms with Crippen LogP contribution in [0, 0.1) is 0 Å². The molecule has 26 nitrogen and oxygen atoms in total. The maximum atomic E-state index is 14.8. The van der Waals surface area contributed by atoms with Crippen LogP contribution in [0.3, 0.4) is 0 Å². The molecule has 7 N–H and O–H groups in total. The van der Waals surface area contributed by atoms with E-state index in [4.69, 9.17) is 4.98 Å². The first kappa shape index (κ1) is 90.3. The zero-order chi connectivity index (χ0) is 86.9.